The second kappa shape index (κ2) is 5.05. The second-order valence-electron chi connectivity index (χ2n) is 4.33. The van der Waals surface area contributed by atoms with Crippen molar-refractivity contribution in [3.63, 3.8) is 0 Å². The van der Waals surface area contributed by atoms with Gasteiger partial charge in [-0.1, -0.05) is 11.2 Å². The Labute approximate surface area is 124 Å². The van der Waals surface area contributed by atoms with Crippen LogP contribution in [0.1, 0.15) is 5.56 Å². The zero-order chi connectivity index (χ0) is 14.1. The molecule has 5 nitrogen and oxygen atoms in total. The van der Waals surface area contributed by atoms with Gasteiger partial charge in [0.25, 0.3) is 5.89 Å². The lowest BCUT2D eigenvalue weighted by molar-refractivity contribution is 0.432. The third-order valence-electron chi connectivity index (χ3n) is 3.00. The average molecular weight is 331 g/mol. The van der Waals surface area contributed by atoms with E-state index in [9.17, 15) is 0 Å². The minimum atomic E-state index is 0.449. The van der Waals surface area contributed by atoms with Crippen molar-refractivity contribution < 1.29 is 4.52 Å². The summed E-state index contributed by atoms with van der Waals surface area (Å²) in [5.74, 6) is 0.945. The van der Waals surface area contributed by atoms with E-state index in [1.807, 2.05) is 31.2 Å². The number of nitrogens with zero attached hydrogens (tertiary/aromatic N) is 3. The largest absolute Gasteiger partial charge is 0.398 e. The highest BCUT2D eigenvalue weighted by atomic mass is 79.9. The van der Waals surface area contributed by atoms with Crippen LogP contribution in [0.2, 0.25) is 0 Å². The van der Waals surface area contributed by atoms with Gasteiger partial charge in [-0.15, -0.1) is 0 Å². The SMILES string of the molecule is Cc1c(N)cccc1-c1nc(-c2cncc(Br)c2)no1. The number of rotatable bonds is 2. The molecule has 0 aliphatic rings. The van der Waals surface area contributed by atoms with Crippen LogP contribution in [-0.4, -0.2) is 15.1 Å². The van der Waals surface area contributed by atoms with Crippen LogP contribution in [0.4, 0.5) is 5.69 Å². The van der Waals surface area contributed by atoms with Crippen LogP contribution in [0.15, 0.2) is 45.7 Å². The number of pyridine rings is 1. The second-order valence-corrected chi connectivity index (χ2v) is 5.25. The molecule has 2 N–H and O–H groups in total. The van der Waals surface area contributed by atoms with Gasteiger partial charge in [-0.3, -0.25) is 4.98 Å². The minimum Gasteiger partial charge on any atom is -0.398 e. The van der Waals surface area contributed by atoms with Gasteiger partial charge in [0.05, 0.1) is 0 Å². The van der Waals surface area contributed by atoms with Crippen molar-refractivity contribution >= 4 is 21.6 Å². The van der Waals surface area contributed by atoms with Gasteiger partial charge in [0.15, 0.2) is 0 Å². The molecule has 0 fully saturated rings. The van der Waals surface area contributed by atoms with Gasteiger partial charge < -0.3 is 10.3 Å². The van der Waals surface area contributed by atoms with Gasteiger partial charge in [-0.25, -0.2) is 0 Å². The van der Waals surface area contributed by atoms with E-state index in [2.05, 4.69) is 31.1 Å². The average Bonchev–Trinajstić information content (AvgIpc) is 2.91. The number of halogens is 1. The first-order chi connectivity index (χ1) is 9.65. The molecular weight excluding hydrogens is 320 g/mol. The molecule has 3 rings (SSSR count). The molecule has 100 valence electrons. The molecule has 1 aromatic carbocycles. The first-order valence-electron chi connectivity index (χ1n) is 5.95. The van der Waals surface area contributed by atoms with Crippen molar-refractivity contribution in [1.29, 1.82) is 0 Å². The number of hydrogen-bond acceptors (Lipinski definition) is 5. The maximum absolute atomic E-state index is 5.89. The number of benzene rings is 1. The molecule has 0 saturated carbocycles. The zero-order valence-corrected chi connectivity index (χ0v) is 12.3. The number of aromatic nitrogens is 3. The van der Waals surface area contributed by atoms with Gasteiger partial charge in [0.1, 0.15) is 0 Å². The highest BCUT2D eigenvalue weighted by Gasteiger charge is 2.13. The van der Waals surface area contributed by atoms with Gasteiger partial charge >= 0.3 is 0 Å². The molecule has 0 atom stereocenters. The van der Waals surface area contributed by atoms with E-state index in [-0.39, 0.29) is 0 Å². The third kappa shape index (κ3) is 2.30. The first-order valence-corrected chi connectivity index (χ1v) is 6.74. The van der Waals surface area contributed by atoms with E-state index in [0.29, 0.717) is 17.4 Å². The predicted molar refractivity (Wildman–Crippen MR) is 79.8 cm³/mol. The van der Waals surface area contributed by atoms with Crippen molar-refractivity contribution in [3.8, 4) is 22.8 Å². The molecular formula is C14H11BrN4O. The van der Waals surface area contributed by atoms with Gasteiger partial charge in [0, 0.05) is 33.7 Å². The number of hydrogen-bond donors (Lipinski definition) is 1. The van der Waals surface area contributed by atoms with E-state index >= 15 is 0 Å². The fourth-order valence-electron chi connectivity index (χ4n) is 1.87. The standard InChI is InChI=1S/C14H11BrN4O/c1-8-11(3-2-4-12(8)16)14-18-13(19-20-14)9-5-10(15)7-17-6-9/h2-7H,16H2,1H3. The Morgan fingerprint density at radius 3 is 2.90 bits per heavy atom. The molecule has 0 aliphatic heterocycles. The van der Waals surface area contributed by atoms with Crippen molar-refractivity contribution in [1.82, 2.24) is 15.1 Å². The number of nitrogen functional groups attached to an aromatic ring is 1. The van der Waals surface area contributed by atoms with Crippen LogP contribution in [0, 0.1) is 6.92 Å². The van der Waals surface area contributed by atoms with Crippen LogP contribution in [0.25, 0.3) is 22.8 Å². The minimum absolute atomic E-state index is 0.449. The van der Waals surface area contributed by atoms with Crippen LogP contribution in [-0.2, 0) is 0 Å². The molecule has 3 aromatic rings. The molecule has 0 radical (unpaired) electrons. The Morgan fingerprint density at radius 2 is 2.10 bits per heavy atom. The molecule has 2 aromatic heterocycles. The molecule has 0 amide bonds. The van der Waals surface area contributed by atoms with Gasteiger partial charge in [0.2, 0.25) is 5.82 Å². The van der Waals surface area contributed by atoms with Crippen LogP contribution in [0.5, 0.6) is 0 Å². The molecule has 0 spiro atoms. The summed E-state index contributed by atoms with van der Waals surface area (Å²) in [4.78, 5) is 8.49. The molecule has 2 heterocycles. The summed E-state index contributed by atoms with van der Waals surface area (Å²) in [5, 5.41) is 3.99. The van der Waals surface area contributed by atoms with E-state index in [4.69, 9.17) is 10.3 Å². The van der Waals surface area contributed by atoms with E-state index in [1.165, 1.54) is 0 Å². The maximum atomic E-state index is 5.89. The fourth-order valence-corrected chi connectivity index (χ4v) is 2.23. The number of nitrogens with two attached hydrogens (primary N) is 1. The maximum Gasteiger partial charge on any atom is 0.258 e. The predicted octanol–water partition coefficient (Wildman–Crippen LogP) is 3.45. The van der Waals surface area contributed by atoms with Crippen LogP contribution < -0.4 is 5.73 Å². The summed E-state index contributed by atoms with van der Waals surface area (Å²) in [7, 11) is 0. The van der Waals surface area contributed by atoms with E-state index in [0.717, 1.165) is 21.2 Å². The normalized spacial score (nSPS) is 10.7. The smallest absolute Gasteiger partial charge is 0.258 e. The lowest BCUT2D eigenvalue weighted by Crippen LogP contribution is -1.92. The Hall–Kier alpha value is -2.21. The third-order valence-corrected chi connectivity index (χ3v) is 3.43. The van der Waals surface area contributed by atoms with Crippen molar-refractivity contribution in [2.75, 3.05) is 5.73 Å². The molecule has 0 aliphatic carbocycles. The topological polar surface area (TPSA) is 77.8 Å². The number of anilines is 1. The zero-order valence-electron chi connectivity index (χ0n) is 10.7. The fraction of sp³-hybridized carbons (Fsp3) is 0.0714. The summed E-state index contributed by atoms with van der Waals surface area (Å²) in [5.41, 5.74) is 9.14. The Balaban J connectivity index is 2.04. The lowest BCUT2D eigenvalue weighted by Gasteiger charge is -2.03. The van der Waals surface area contributed by atoms with Gasteiger partial charge in [-0.05, 0) is 46.6 Å². The summed E-state index contributed by atoms with van der Waals surface area (Å²) < 4.78 is 6.18. The molecule has 0 unspecified atom stereocenters. The molecule has 20 heavy (non-hydrogen) atoms. The van der Waals surface area contributed by atoms with Gasteiger partial charge in [-0.2, -0.15) is 4.98 Å². The van der Waals surface area contributed by atoms with E-state index < -0.39 is 0 Å². The van der Waals surface area contributed by atoms with Crippen LogP contribution in [0.3, 0.4) is 0 Å². The molecule has 0 saturated heterocycles. The highest BCUT2D eigenvalue weighted by molar-refractivity contribution is 9.10. The first kappa shape index (κ1) is 12.8. The Morgan fingerprint density at radius 1 is 1.25 bits per heavy atom. The Bertz CT molecular complexity index is 769. The van der Waals surface area contributed by atoms with Crippen molar-refractivity contribution in [3.05, 3.63) is 46.7 Å². The molecule has 6 heteroatoms. The quantitative estimate of drug-likeness (QED) is 0.728. The highest BCUT2D eigenvalue weighted by Crippen LogP contribution is 2.27. The summed E-state index contributed by atoms with van der Waals surface area (Å²) in [6.07, 6.45) is 3.39. The van der Waals surface area contributed by atoms with E-state index in [1.54, 1.807) is 12.4 Å². The lowest BCUT2D eigenvalue weighted by atomic mass is 10.1. The van der Waals surface area contributed by atoms with Crippen molar-refractivity contribution in [2.24, 2.45) is 0 Å². The molecule has 0 bridgehead atoms. The monoisotopic (exact) mass is 330 g/mol. The summed E-state index contributed by atoms with van der Waals surface area (Å²) in [6.45, 7) is 1.93. The van der Waals surface area contributed by atoms with Crippen LogP contribution >= 0.6 is 15.9 Å². The summed E-state index contributed by atoms with van der Waals surface area (Å²) in [6, 6.07) is 7.49. The Kier molecular flexibility index (Phi) is 3.23. The summed E-state index contributed by atoms with van der Waals surface area (Å²) >= 11 is 3.37. The van der Waals surface area contributed by atoms with Crippen molar-refractivity contribution in [2.45, 2.75) is 6.92 Å².